The van der Waals surface area contributed by atoms with Crippen LogP contribution in [0.25, 0.3) is 0 Å². The zero-order chi connectivity index (χ0) is 23.5. The molecule has 4 rings (SSSR count). The molecular weight excluding hydrogens is 392 g/mol. The molecule has 2 fully saturated rings. The van der Waals surface area contributed by atoms with Gasteiger partial charge in [-0.1, -0.05) is 58.4 Å². The van der Waals surface area contributed by atoms with Gasteiger partial charge < -0.3 is 9.90 Å². The van der Waals surface area contributed by atoms with E-state index in [-0.39, 0.29) is 33.7 Å². The van der Waals surface area contributed by atoms with E-state index >= 15 is 0 Å². The third kappa shape index (κ3) is 3.26. The Morgan fingerprint density at radius 1 is 1.09 bits per heavy atom. The summed E-state index contributed by atoms with van der Waals surface area (Å²) in [7, 11) is 0. The molecule has 0 aliphatic heterocycles. The largest absolute Gasteiger partial charge is 0.393 e. The fourth-order valence-corrected chi connectivity index (χ4v) is 8.65. The second kappa shape index (κ2) is 7.97. The highest BCUT2D eigenvalue weighted by Gasteiger charge is 2.63. The van der Waals surface area contributed by atoms with Gasteiger partial charge in [0.05, 0.1) is 6.10 Å². The molecule has 0 aromatic carbocycles. The van der Waals surface area contributed by atoms with Gasteiger partial charge in [0.2, 0.25) is 0 Å². The quantitative estimate of drug-likeness (QED) is 0.358. The summed E-state index contributed by atoms with van der Waals surface area (Å²) in [5.41, 5.74) is 4.92. The van der Waals surface area contributed by atoms with E-state index in [2.05, 4.69) is 66.7 Å². The topological polar surface area (TPSA) is 37.3 Å². The van der Waals surface area contributed by atoms with E-state index in [4.69, 9.17) is 0 Å². The van der Waals surface area contributed by atoms with Crippen molar-refractivity contribution in [1.82, 2.24) is 0 Å². The predicted octanol–water partition coefficient (Wildman–Crippen LogP) is 7.43. The van der Waals surface area contributed by atoms with Crippen molar-refractivity contribution in [2.24, 2.45) is 39.4 Å². The predicted molar refractivity (Wildman–Crippen MR) is 133 cm³/mol. The van der Waals surface area contributed by atoms with E-state index in [9.17, 15) is 9.90 Å². The number of allylic oxidation sites excluding steroid dienone is 6. The molecular formula is C30H46O2. The summed E-state index contributed by atoms with van der Waals surface area (Å²) in [6.07, 6.45) is 17.0. The van der Waals surface area contributed by atoms with Gasteiger partial charge in [0.1, 0.15) is 6.29 Å². The number of aliphatic hydroxyl groups excluding tert-OH is 1. The molecule has 0 aromatic rings. The molecule has 0 amide bonds. The average molecular weight is 439 g/mol. The van der Waals surface area contributed by atoms with Crippen LogP contribution in [-0.4, -0.2) is 17.5 Å². The molecule has 2 saturated carbocycles. The minimum Gasteiger partial charge on any atom is -0.393 e. The summed E-state index contributed by atoms with van der Waals surface area (Å²) >= 11 is 0. The van der Waals surface area contributed by atoms with Crippen LogP contribution in [0.5, 0.6) is 0 Å². The number of aldehydes is 1. The average Bonchev–Trinajstić information content (AvgIpc) is 3.00. The van der Waals surface area contributed by atoms with Crippen LogP contribution < -0.4 is 0 Å². The summed E-state index contributed by atoms with van der Waals surface area (Å²) < 4.78 is 0. The molecule has 0 saturated heterocycles. The lowest BCUT2D eigenvalue weighted by atomic mass is 9.44. The van der Waals surface area contributed by atoms with Crippen molar-refractivity contribution in [3.63, 3.8) is 0 Å². The molecule has 7 atom stereocenters. The minimum absolute atomic E-state index is 0.0523. The molecule has 4 aliphatic rings. The maximum absolute atomic E-state index is 12.2. The Labute approximate surface area is 196 Å². The Balaban J connectivity index is 1.68. The first-order chi connectivity index (χ1) is 14.9. The summed E-state index contributed by atoms with van der Waals surface area (Å²) in [4.78, 5) is 12.2. The Morgan fingerprint density at radius 2 is 1.81 bits per heavy atom. The summed E-state index contributed by atoms with van der Waals surface area (Å²) in [6, 6.07) is 0. The van der Waals surface area contributed by atoms with Crippen molar-refractivity contribution in [3.05, 3.63) is 34.9 Å². The summed E-state index contributed by atoms with van der Waals surface area (Å²) in [6.45, 7) is 16.3. The number of rotatable bonds is 5. The highest BCUT2D eigenvalue weighted by atomic mass is 16.3. The van der Waals surface area contributed by atoms with E-state index in [1.165, 1.54) is 18.3 Å². The van der Waals surface area contributed by atoms with Crippen LogP contribution in [0.3, 0.4) is 0 Å². The first-order valence-corrected chi connectivity index (χ1v) is 13.1. The smallest absolute Gasteiger partial charge is 0.123 e. The lowest BCUT2D eigenvalue weighted by Gasteiger charge is -2.61. The van der Waals surface area contributed by atoms with E-state index in [1.54, 1.807) is 11.1 Å². The second-order valence-electron chi connectivity index (χ2n) is 13.1. The van der Waals surface area contributed by atoms with E-state index in [1.807, 2.05) is 0 Å². The van der Waals surface area contributed by atoms with E-state index in [0.717, 1.165) is 44.9 Å². The fraction of sp³-hybridized carbons (Fsp3) is 0.767. The van der Waals surface area contributed by atoms with Crippen molar-refractivity contribution in [2.75, 3.05) is 0 Å². The number of carbonyl (C=O) groups excluding carboxylic acids is 1. The number of fused-ring (bicyclic) bond motifs is 5. The number of carbonyl (C=O) groups is 1. The standard InChI is InChI=1S/C30H46O2/c1-20(2)9-8-10-21(19-31)22-13-17-30(7)24-11-12-25-27(3,4)26(32)15-16-28(25,5)23(24)14-18-29(22,30)6/h9,11,14,19,21-22,25-26,32H,8,10,12-13,15-18H2,1-7H3/t21-,22+,25-,26-,28+,29+,30-/m0/s1. The first kappa shape index (κ1) is 24.0. The molecule has 2 nitrogen and oxygen atoms in total. The van der Waals surface area contributed by atoms with Gasteiger partial charge in [-0.05, 0) is 110 Å². The molecule has 0 heterocycles. The summed E-state index contributed by atoms with van der Waals surface area (Å²) in [5.74, 6) is 1.11. The lowest BCUT2D eigenvalue weighted by molar-refractivity contribution is -0.114. The van der Waals surface area contributed by atoms with Crippen molar-refractivity contribution in [2.45, 2.75) is 106 Å². The SMILES string of the molecule is CC(C)=CCC[C@@H](C=O)[C@H]1CC[C@@]2(C)C3=CC[C@H]4C(C)(C)[C@@H](O)CC[C@]4(C)C3=CC[C@]12C. The molecule has 32 heavy (non-hydrogen) atoms. The molecule has 0 aromatic heterocycles. The normalized spacial score (nSPS) is 43.2. The maximum Gasteiger partial charge on any atom is 0.123 e. The number of hydrogen-bond acceptors (Lipinski definition) is 2. The highest BCUT2D eigenvalue weighted by molar-refractivity contribution is 5.56. The zero-order valence-corrected chi connectivity index (χ0v) is 21.6. The third-order valence-electron chi connectivity index (χ3n) is 11.0. The Kier molecular flexibility index (Phi) is 5.97. The molecule has 0 bridgehead atoms. The number of hydrogen-bond donors (Lipinski definition) is 1. The van der Waals surface area contributed by atoms with Crippen molar-refractivity contribution in [1.29, 1.82) is 0 Å². The third-order valence-corrected chi connectivity index (χ3v) is 11.0. The molecule has 178 valence electrons. The van der Waals surface area contributed by atoms with E-state index < -0.39 is 0 Å². The highest BCUT2D eigenvalue weighted by Crippen LogP contribution is 2.71. The molecule has 0 spiro atoms. The Morgan fingerprint density at radius 3 is 2.47 bits per heavy atom. The van der Waals surface area contributed by atoms with Crippen LogP contribution in [0, 0.1) is 39.4 Å². The lowest BCUT2D eigenvalue weighted by Crippen LogP contribution is -2.54. The number of aliphatic hydroxyl groups is 1. The summed E-state index contributed by atoms with van der Waals surface area (Å²) in [5, 5.41) is 10.8. The van der Waals surface area contributed by atoms with Crippen LogP contribution in [0.15, 0.2) is 34.9 Å². The maximum atomic E-state index is 12.2. The first-order valence-electron chi connectivity index (χ1n) is 13.1. The van der Waals surface area contributed by atoms with Crippen molar-refractivity contribution in [3.8, 4) is 0 Å². The molecule has 4 aliphatic carbocycles. The van der Waals surface area contributed by atoms with Gasteiger partial charge >= 0.3 is 0 Å². The van der Waals surface area contributed by atoms with Crippen LogP contribution in [0.2, 0.25) is 0 Å². The van der Waals surface area contributed by atoms with Crippen LogP contribution >= 0.6 is 0 Å². The molecule has 1 N–H and O–H groups in total. The molecule has 0 unspecified atom stereocenters. The van der Waals surface area contributed by atoms with Crippen LogP contribution in [0.1, 0.15) is 99.8 Å². The fourth-order valence-electron chi connectivity index (χ4n) is 8.65. The second-order valence-corrected chi connectivity index (χ2v) is 13.1. The van der Waals surface area contributed by atoms with Gasteiger partial charge in [0.15, 0.2) is 0 Å². The van der Waals surface area contributed by atoms with Gasteiger partial charge in [-0.25, -0.2) is 0 Å². The van der Waals surface area contributed by atoms with Crippen molar-refractivity contribution < 1.29 is 9.90 Å². The zero-order valence-electron chi connectivity index (χ0n) is 21.6. The molecule has 0 radical (unpaired) electrons. The van der Waals surface area contributed by atoms with Gasteiger partial charge in [0, 0.05) is 5.92 Å². The minimum atomic E-state index is -0.203. The van der Waals surface area contributed by atoms with Crippen molar-refractivity contribution >= 4 is 6.29 Å². The van der Waals surface area contributed by atoms with Crippen LogP contribution in [0.4, 0.5) is 0 Å². The monoisotopic (exact) mass is 438 g/mol. The van der Waals surface area contributed by atoms with Gasteiger partial charge in [-0.15, -0.1) is 0 Å². The van der Waals surface area contributed by atoms with Crippen LogP contribution in [-0.2, 0) is 4.79 Å². The Hall–Kier alpha value is -1.15. The van der Waals surface area contributed by atoms with Gasteiger partial charge in [-0.2, -0.15) is 0 Å². The molecule has 2 heteroatoms. The van der Waals surface area contributed by atoms with Gasteiger partial charge in [-0.3, -0.25) is 0 Å². The Bertz CT molecular complexity index is 856. The van der Waals surface area contributed by atoms with E-state index in [0.29, 0.717) is 11.8 Å². The van der Waals surface area contributed by atoms with Gasteiger partial charge in [0.25, 0.3) is 0 Å².